The van der Waals surface area contributed by atoms with Crippen molar-refractivity contribution in [2.75, 3.05) is 46.8 Å². The van der Waals surface area contributed by atoms with Gasteiger partial charge in [-0.15, -0.1) is 24.0 Å². The number of rotatable bonds is 8. The predicted octanol–water partition coefficient (Wildman–Crippen LogP) is 2.62. The van der Waals surface area contributed by atoms with E-state index in [0.29, 0.717) is 12.1 Å². The van der Waals surface area contributed by atoms with Crippen LogP contribution in [-0.4, -0.2) is 74.7 Å². The van der Waals surface area contributed by atoms with Gasteiger partial charge in [-0.1, -0.05) is 26.7 Å². The fraction of sp³-hybridized carbons (Fsp3) is 0.944. The Morgan fingerprint density at radius 1 is 1.17 bits per heavy atom. The molecule has 2 atom stereocenters. The zero-order chi connectivity index (χ0) is 17.2. The maximum absolute atomic E-state index is 4.83. The molecule has 2 N–H and O–H groups in total. The lowest BCUT2D eigenvalue weighted by molar-refractivity contribution is 0.119. The highest BCUT2D eigenvalue weighted by atomic mass is 127. The zero-order valence-electron chi connectivity index (χ0n) is 16.6. The van der Waals surface area contributed by atoms with Gasteiger partial charge >= 0.3 is 0 Å². The van der Waals surface area contributed by atoms with Crippen molar-refractivity contribution in [3.05, 3.63) is 0 Å². The Bertz CT molecular complexity index is 348. The minimum atomic E-state index is 0. The summed E-state index contributed by atoms with van der Waals surface area (Å²) in [7, 11) is 4.41. The molecular weight excluding hydrogens is 413 g/mol. The van der Waals surface area contributed by atoms with Crippen molar-refractivity contribution in [1.82, 2.24) is 20.4 Å². The smallest absolute Gasteiger partial charge is 0.191 e. The molecule has 1 saturated heterocycles. The molecular formula is C18H40IN5. The molecule has 0 aromatic rings. The van der Waals surface area contributed by atoms with Crippen molar-refractivity contribution in [1.29, 1.82) is 0 Å². The second-order valence-corrected chi connectivity index (χ2v) is 7.49. The average molecular weight is 453 g/mol. The molecule has 0 spiro atoms. The van der Waals surface area contributed by atoms with Gasteiger partial charge in [0.2, 0.25) is 0 Å². The molecule has 0 bridgehead atoms. The quantitative estimate of drug-likeness (QED) is 0.337. The predicted molar refractivity (Wildman–Crippen MR) is 117 cm³/mol. The fourth-order valence-electron chi connectivity index (χ4n) is 2.95. The van der Waals surface area contributed by atoms with Crippen molar-refractivity contribution < 1.29 is 0 Å². The van der Waals surface area contributed by atoms with Gasteiger partial charge in [0.25, 0.3) is 0 Å². The SMILES string of the molecule is CCNC(=NCC1CN(C)CCN1C)NC(C)CCCC(C)C.I. The van der Waals surface area contributed by atoms with E-state index < -0.39 is 0 Å². The van der Waals surface area contributed by atoms with Gasteiger partial charge in [0.05, 0.1) is 6.54 Å². The van der Waals surface area contributed by atoms with Gasteiger partial charge in [0, 0.05) is 38.3 Å². The highest BCUT2D eigenvalue weighted by Crippen LogP contribution is 2.08. The molecule has 144 valence electrons. The monoisotopic (exact) mass is 453 g/mol. The summed E-state index contributed by atoms with van der Waals surface area (Å²) in [5, 5.41) is 6.95. The molecule has 2 unspecified atom stereocenters. The summed E-state index contributed by atoms with van der Waals surface area (Å²) < 4.78 is 0. The first-order chi connectivity index (χ1) is 10.9. The first-order valence-electron chi connectivity index (χ1n) is 9.36. The number of hydrogen-bond donors (Lipinski definition) is 2. The molecule has 1 aliphatic heterocycles. The number of halogens is 1. The fourth-order valence-corrected chi connectivity index (χ4v) is 2.95. The van der Waals surface area contributed by atoms with Gasteiger partial charge in [0.15, 0.2) is 5.96 Å². The topological polar surface area (TPSA) is 42.9 Å². The first kappa shape index (κ1) is 23.9. The van der Waals surface area contributed by atoms with Crippen molar-refractivity contribution in [2.24, 2.45) is 10.9 Å². The number of nitrogens with zero attached hydrogens (tertiary/aromatic N) is 3. The van der Waals surface area contributed by atoms with Crippen LogP contribution in [0.25, 0.3) is 0 Å². The maximum Gasteiger partial charge on any atom is 0.191 e. The molecule has 1 rings (SSSR count). The van der Waals surface area contributed by atoms with E-state index >= 15 is 0 Å². The largest absolute Gasteiger partial charge is 0.357 e. The molecule has 0 aromatic heterocycles. The molecule has 0 aromatic carbocycles. The number of hydrogen-bond acceptors (Lipinski definition) is 3. The van der Waals surface area contributed by atoms with Crippen LogP contribution in [0.3, 0.4) is 0 Å². The third-order valence-corrected chi connectivity index (χ3v) is 4.59. The third kappa shape index (κ3) is 10.0. The average Bonchev–Trinajstić information content (AvgIpc) is 2.47. The maximum atomic E-state index is 4.83. The Kier molecular flexibility index (Phi) is 13.1. The van der Waals surface area contributed by atoms with E-state index in [-0.39, 0.29) is 24.0 Å². The van der Waals surface area contributed by atoms with Gasteiger partial charge in [-0.3, -0.25) is 9.89 Å². The highest BCUT2D eigenvalue weighted by molar-refractivity contribution is 14.0. The van der Waals surface area contributed by atoms with Crippen LogP contribution in [0.2, 0.25) is 0 Å². The molecule has 1 fully saturated rings. The van der Waals surface area contributed by atoms with E-state index in [1.165, 1.54) is 19.3 Å². The van der Waals surface area contributed by atoms with Gasteiger partial charge in [-0.05, 0) is 40.3 Å². The van der Waals surface area contributed by atoms with Gasteiger partial charge in [-0.25, -0.2) is 0 Å². The van der Waals surface area contributed by atoms with Crippen molar-refractivity contribution >= 4 is 29.9 Å². The Morgan fingerprint density at radius 2 is 1.88 bits per heavy atom. The lowest BCUT2D eigenvalue weighted by atomic mass is 10.0. The van der Waals surface area contributed by atoms with Gasteiger partial charge in [0.1, 0.15) is 0 Å². The minimum Gasteiger partial charge on any atom is -0.357 e. The number of likely N-dealkylation sites (N-methyl/N-ethyl adjacent to an activating group) is 2. The van der Waals surface area contributed by atoms with E-state index in [9.17, 15) is 0 Å². The Hall–Kier alpha value is -0.0800. The molecule has 1 heterocycles. The van der Waals surface area contributed by atoms with Crippen LogP contribution in [0, 0.1) is 5.92 Å². The molecule has 1 aliphatic rings. The first-order valence-corrected chi connectivity index (χ1v) is 9.36. The van der Waals surface area contributed by atoms with E-state index in [1.807, 2.05) is 0 Å². The van der Waals surface area contributed by atoms with Crippen LogP contribution >= 0.6 is 24.0 Å². The van der Waals surface area contributed by atoms with Crippen LogP contribution in [-0.2, 0) is 0 Å². The molecule has 0 saturated carbocycles. The van der Waals surface area contributed by atoms with Crippen molar-refractivity contribution in [2.45, 2.75) is 59.0 Å². The molecule has 0 aliphatic carbocycles. The molecule has 6 heteroatoms. The molecule has 24 heavy (non-hydrogen) atoms. The van der Waals surface area contributed by atoms with Crippen LogP contribution in [0.1, 0.15) is 47.0 Å². The summed E-state index contributed by atoms with van der Waals surface area (Å²) in [6.45, 7) is 14.1. The van der Waals surface area contributed by atoms with E-state index in [0.717, 1.165) is 44.6 Å². The summed E-state index contributed by atoms with van der Waals surface area (Å²) in [6, 6.07) is 0.985. The summed E-state index contributed by atoms with van der Waals surface area (Å²) in [6.07, 6.45) is 3.79. The highest BCUT2D eigenvalue weighted by Gasteiger charge is 2.21. The third-order valence-electron chi connectivity index (χ3n) is 4.59. The van der Waals surface area contributed by atoms with Crippen molar-refractivity contribution in [3.63, 3.8) is 0 Å². The lowest BCUT2D eigenvalue weighted by Crippen LogP contribution is -2.52. The van der Waals surface area contributed by atoms with Crippen LogP contribution in [0.5, 0.6) is 0 Å². The van der Waals surface area contributed by atoms with Crippen LogP contribution < -0.4 is 10.6 Å². The summed E-state index contributed by atoms with van der Waals surface area (Å²) in [5.74, 6) is 1.76. The molecule has 0 amide bonds. The van der Waals surface area contributed by atoms with E-state index in [4.69, 9.17) is 4.99 Å². The summed E-state index contributed by atoms with van der Waals surface area (Å²) >= 11 is 0. The Balaban J connectivity index is 0.00000529. The van der Waals surface area contributed by atoms with Gasteiger partial charge < -0.3 is 15.5 Å². The normalized spacial score (nSPS) is 21.5. The lowest BCUT2D eigenvalue weighted by Gasteiger charge is -2.37. The summed E-state index contributed by atoms with van der Waals surface area (Å²) in [5.41, 5.74) is 0. The van der Waals surface area contributed by atoms with E-state index in [1.54, 1.807) is 0 Å². The van der Waals surface area contributed by atoms with Crippen LogP contribution in [0.4, 0.5) is 0 Å². The number of piperazine rings is 1. The zero-order valence-corrected chi connectivity index (χ0v) is 19.0. The standard InChI is InChI=1S/C18H39N5.HI/c1-7-19-18(21-16(4)10-8-9-15(2)3)20-13-17-14-22(5)11-12-23(17)6;/h15-17H,7-14H2,1-6H3,(H2,19,20,21);1H. The second-order valence-electron chi connectivity index (χ2n) is 7.49. The number of aliphatic imine (C=N–C) groups is 1. The van der Waals surface area contributed by atoms with E-state index in [2.05, 4.69) is 62.2 Å². The number of nitrogens with one attached hydrogen (secondary N) is 2. The summed E-state index contributed by atoms with van der Waals surface area (Å²) in [4.78, 5) is 9.66. The molecule has 5 nitrogen and oxygen atoms in total. The van der Waals surface area contributed by atoms with Crippen molar-refractivity contribution in [3.8, 4) is 0 Å². The Labute approximate surface area is 167 Å². The van der Waals surface area contributed by atoms with Crippen LogP contribution in [0.15, 0.2) is 4.99 Å². The Morgan fingerprint density at radius 3 is 2.50 bits per heavy atom. The number of guanidine groups is 1. The van der Waals surface area contributed by atoms with Gasteiger partial charge in [-0.2, -0.15) is 0 Å². The minimum absolute atomic E-state index is 0. The molecule has 0 radical (unpaired) electrons. The second kappa shape index (κ2) is 13.2.